The van der Waals surface area contributed by atoms with E-state index in [1.165, 1.54) is 0 Å². The van der Waals surface area contributed by atoms with Gasteiger partial charge in [-0.25, -0.2) is 0 Å². The standard InChI is InChI=1S/C9H8F3N3O2/c10-9(11,12)6-3-4(16)1-2-5(6)7(17)15-8(13)14/h1-3,16H,(H4,13,14,15,17). The van der Waals surface area contributed by atoms with Gasteiger partial charge in [-0.05, 0) is 18.2 Å². The highest BCUT2D eigenvalue weighted by Gasteiger charge is 2.35. The van der Waals surface area contributed by atoms with E-state index in [-0.39, 0.29) is 0 Å². The van der Waals surface area contributed by atoms with Gasteiger partial charge in [0.2, 0.25) is 0 Å². The van der Waals surface area contributed by atoms with Crippen molar-refractivity contribution in [2.45, 2.75) is 6.18 Å². The Labute approximate surface area is 93.6 Å². The zero-order chi connectivity index (χ0) is 13.2. The highest BCUT2D eigenvalue weighted by molar-refractivity contribution is 6.03. The van der Waals surface area contributed by atoms with Crippen molar-refractivity contribution in [1.29, 1.82) is 0 Å². The number of carbonyl (C=O) groups excluding carboxylic acids is 1. The molecule has 5 N–H and O–H groups in total. The molecule has 0 aromatic heterocycles. The SMILES string of the molecule is NC(N)=NC(=O)c1ccc(O)cc1C(F)(F)F. The number of alkyl halides is 3. The lowest BCUT2D eigenvalue weighted by Gasteiger charge is -2.10. The van der Waals surface area contributed by atoms with Gasteiger partial charge in [-0.1, -0.05) is 0 Å². The average molecular weight is 247 g/mol. The van der Waals surface area contributed by atoms with Crippen molar-refractivity contribution in [3.05, 3.63) is 29.3 Å². The van der Waals surface area contributed by atoms with Crippen LogP contribution in [0.5, 0.6) is 5.75 Å². The third kappa shape index (κ3) is 3.10. The Morgan fingerprint density at radius 3 is 2.35 bits per heavy atom. The summed E-state index contributed by atoms with van der Waals surface area (Å²) in [5.74, 6) is -2.48. The largest absolute Gasteiger partial charge is 0.508 e. The first-order chi connectivity index (χ1) is 7.71. The van der Waals surface area contributed by atoms with E-state index in [9.17, 15) is 18.0 Å². The molecular formula is C9H8F3N3O2. The fraction of sp³-hybridized carbons (Fsp3) is 0.111. The van der Waals surface area contributed by atoms with Crippen molar-refractivity contribution in [2.24, 2.45) is 16.5 Å². The summed E-state index contributed by atoms with van der Waals surface area (Å²) in [6.45, 7) is 0. The van der Waals surface area contributed by atoms with E-state index in [1.54, 1.807) is 0 Å². The van der Waals surface area contributed by atoms with Gasteiger partial charge in [0.1, 0.15) is 5.75 Å². The second-order valence-corrected chi connectivity index (χ2v) is 3.07. The van der Waals surface area contributed by atoms with Crippen molar-refractivity contribution >= 4 is 11.9 Å². The van der Waals surface area contributed by atoms with Gasteiger partial charge < -0.3 is 16.6 Å². The topological polar surface area (TPSA) is 102 Å². The highest BCUT2D eigenvalue weighted by atomic mass is 19.4. The van der Waals surface area contributed by atoms with Crippen LogP contribution in [0.15, 0.2) is 23.2 Å². The molecule has 0 fully saturated rings. The van der Waals surface area contributed by atoms with Crippen LogP contribution in [0, 0.1) is 0 Å². The van der Waals surface area contributed by atoms with Crippen LogP contribution < -0.4 is 11.5 Å². The molecule has 0 aliphatic rings. The fourth-order valence-electron chi connectivity index (χ4n) is 1.13. The second kappa shape index (κ2) is 4.32. The number of aliphatic imine (C=N–C) groups is 1. The number of aromatic hydroxyl groups is 1. The molecule has 8 heteroatoms. The van der Waals surface area contributed by atoms with Crippen molar-refractivity contribution in [3.8, 4) is 5.75 Å². The van der Waals surface area contributed by atoms with Gasteiger partial charge >= 0.3 is 6.18 Å². The number of amides is 1. The lowest BCUT2D eigenvalue weighted by Crippen LogP contribution is -2.25. The molecule has 0 spiro atoms. The number of nitrogens with two attached hydrogens (primary N) is 2. The number of carbonyl (C=O) groups is 1. The Hall–Kier alpha value is -2.25. The van der Waals surface area contributed by atoms with Gasteiger partial charge in [0.05, 0.1) is 11.1 Å². The average Bonchev–Trinajstić information content (AvgIpc) is 2.14. The molecule has 1 amide bonds. The van der Waals surface area contributed by atoms with E-state index in [0.29, 0.717) is 6.07 Å². The molecule has 1 aromatic carbocycles. The minimum Gasteiger partial charge on any atom is -0.508 e. The van der Waals surface area contributed by atoms with Gasteiger partial charge in [-0.15, -0.1) is 0 Å². The van der Waals surface area contributed by atoms with Gasteiger partial charge in [-0.2, -0.15) is 18.2 Å². The zero-order valence-electron chi connectivity index (χ0n) is 8.32. The summed E-state index contributed by atoms with van der Waals surface area (Å²) in [6.07, 6.45) is -4.79. The van der Waals surface area contributed by atoms with E-state index in [1.807, 2.05) is 0 Å². The van der Waals surface area contributed by atoms with E-state index >= 15 is 0 Å². The molecule has 0 bridgehead atoms. The van der Waals surface area contributed by atoms with Crippen LogP contribution in [-0.4, -0.2) is 17.0 Å². The van der Waals surface area contributed by atoms with Crippen molar-refractivity contribution in [3.63, 3.8) is 0 Å². The van der Waals surface area contributed by atoms with E-state index in [4.69, 9.17) is 16.6 Å². The summed E-state index contributed by atoms with van der Waals surface area (Å²) >= 11 is 0. The lowest BCUT2D eigenvalue weighted by atomic mass is 10.1. The molecule has 0 saturated carbocycles. The maximum Gasteiger partial charge on any atom is 0.417 e. The first-order valence-electron chi connectivity index (χ1n) is 4.26. The highest BCUT2D eigenvalue weighted by Crippen LogP contribution is 2.34. The Morgan fingerprint density at radius 2 is 1.88 bits per heavy atom. The van der Waals surface area contributed by atoms with Gasteiger partial charge in [0.25, 0.3) is 5.91 Å². The number of nitrogens with zero attached hydrogens (tertiary/aromatic N) is 1. The monoisotopic (exact) mass is 247 g/mol. The minimum absolute atomic E-state index is 0.426. The first-order valence-corrected chi connectivity index (χ1v) is 4.26. The number of benzene rings is 1. The van der Waals surface area contributed by atoms with Crippen LogP contribution in [0.3, 0.4) is 0 Å². The number of hydrogen-bond acceptors (Lipinski definition) is 2. The number of halogens is 3. The molecule has 0 heterocycles. The predicted octanol–water partition coefficient (Wildman–Crippen LogP) is 0.825. The first kappa shape index (κ1) is 12.8. The molecular weight excluding hydrogens is 239 g/mol. The number of phenolic OH excluding ortho intramolecular Hbond substituents is 1. The molecule has 92 valence electrons. The predicted molar refractivity (Wildman–Crippen MR) is 53.2 cm³/mol. The van der Waals surface area contributed by atoms with Gasteiger partial charge in [-0.3, -0.25) is 4.79 Å². The van der Waals surface area contributed by atoms with E-state index in [2.05, 4.69) is 4.99 Å². The normalized spacial score (nSPS) is 11.0. The van der Waals surface area contributed by atoms with Gasteiger partial charge in [0.15, 0.2) is 5.96 Å². The molecule has 5 nitrogen and oxygen atoms in total. The Kier molecular flexibility index (Phi) is 3.26. The molecule has 1 aromatic rings. The van der Waals surface area contributed by atoms with Crippen LogP contribution in [0.1, 0.15) is 15.9 Å². The quantitative estimate of drug-likeness (QED) is 0.505. The van der Waals surface area contributed by atoms with Crippen molar-refractivity contribution < 1.29 is 23.1 Å². The summed E-state index contributed by atoms with van der Waals surface area (Å²) in [7, 11) is 0. The van der Waals surface area contributed by atoms with Crippen LogP contribution >= 0.6 is 0 Å². The molecule has 0 saturated heterocycles. The van der Waals surface area contributed by atoms with Crippen LogP contribution in [0.25, 0.3) is 0 Å². The number of hydrogen-bond donors (Lipinski definition) is 3. The smallest absolute Gasteiger partial charge is 0.417 e. The summed E-state index contributed by atoms with van der Waals surface area (Å²) < 4.78 is 37.7. The van der Waals surface area contributed by atoms with Crippen molar-refractivity contribution in [1.82, 2.24) is 0 Å². The Bertz CT molecular complexity index is 479. The molecule has 0 radical (unpaired) electrons. The second-order valence-electron chi connectivity index (χ2n) is 3.07. The van der Waals surface area contributed by atoms with E-state index in [0.717, 1.165) is 12.1 Å². The van der Waals surface area contributed by atoms with E-state index < -0.39 is 34.9 Å². The molecule has 0 atom stereocenters. The molecule has 1 rings (SSSR count). The number of phenols is 1. The summed E-state index contributed by atoms with van der Waals surface area (Å²) in [5.41, 5.74) is 7.76. The Morgan fingerprint density at radius 1 is 1.29 bits per heavy atom. The molecule has 0 aliphatic heterocycles. The third-order valence-corrected chi connectivity index (χ3v) is 1.77. The molecule has 0 unspecified atom stereocenters. The lowest BCUT2D eigenvalue weighted by molar-refractivity contribution is -0.138. The zero-order valence-corrected chi connectivity index (χ0v) is 8.32. The van der Waals surface area contributed by atoms with Crippen LogP contribution in [-0.2, 0) is 6.18 Å². The van der Waals surface area contributed by atoms with Crippen LogP contribution in [0.4, 0.5) is 13.2 Å². The third-order valence-electron chi connectivity index (χ3n) is 1.77. The fourth-order valence-corrected chi connectivity index (χ4v) is 1.13. The molecule has 0 aliphatic carbocycles. The van der Waals surface area contributed by atoms with Crippen molar-refractivity contribution in [2.75, 3.05) is 0 Å². The maximum absolute atomic E-state index is 12.6. The number of rotatable bonds is 1. The molecule has 17 heavy (non-hydrogen) atoms. The summed E-state index contributed by atoms with van der Waals surface area (Å²) in [5, 5.41) is 8.97. The summed E-state index contributed by atoms with van der Waals surface area (Å²) in [6, 6.07) is 2.16. The van der Waals surface area contributed by atoms with Crippen LogP contribution in [0.2, 0.25) is 0 Å². The number of guanidine groups is 1. The minimum atomic E-state index is -4.79. The van der Waals surface area contributed by atoms with Gasteiger partial charge in [0, 0.05) is 0 Å². The maximum atomic E-state index is 12.6. The Balaban J connectivity index is 3.34. The summed E-state index contributed by atoms with van der Waals surface area (Å²) in [4.78, 5) is 14.3.